The molecule has 41 heavy (non-hydrogen) atoms. The van der Waals surface area contributed by atoms with E-state index in [2.05, 4.69) is 15.7 Å². The zero-order valence-electron chi connectivity index (χ0n) is 23.4. The second-order valence-electron chi connectivity index (χ2n) is 11.1. The van der Waals surface area contributed by atoms with E-state index in [0.29, 0.717) is 25.5 Å². The van der Waals surface area contributed by atoms with Gasteiger partial charge in [-0.1, -0.05) is 30.3 Å². The Morgan fingerprint density at radius 1 is 1.12 bits per heavy atom. The van der Waals surface area contributed by atoms with Gasteiger partial charge in [0.25, 0.3) is 0 Å². The van der Waals surface area contributed by atoms with E-state index in [-0.39, 0.29) is 17.9 Å². The van der Waals surface area contributed by atoms with E-state index in [9.17, 15) is 9.59 Å². The van der Waals surface area contributed by atoms with Crippen LogP contribution in [-0.2, 0) is 9.53 Å². The molecule has 0 saturated carbocycles. The smallest absolute Gasteiger partial charge is 0.410 e. The lowest BCUT2D eigenvalue weighted by Gasteiger charge is -2.24. The molecule has 0 spiro atoms. The molecule has 2 aromatic heterocycles. The number of nitrogen functional groups attached to an aromatic ring is 1. The van der Waals surface area contributed by atoms with Crippen LogP contribution >= 0.6 is 11.3 Å². The number of hydrogen-bond acceptors (Lipinski definition) is 7. The number of likely N-dealkylation sites (tertiary alicyclic amines) is 1. The van der Waals surface area contributed by atoms with Crippen molar-refractivity contribution in [2.24, 2.45) is 5.92 Å². The fraction of sp³-hybridized carbons (Fsp3) is 0.281. The molecule has 1 aliphatic rings. The van der Waals surface area contributed by atoms with E-state index in [0.717, 1.165) is 44.7 Å². The van der Waals surface area contributed by atoms with Crippen molar-refractivity contribution in [1.29, 1.82) is 0 Å². The molecule has 0 radical (unpaired) electrons. The van der Waals surface area contributed by atoms with E-state index < -0.39 is 5.60 Å². The quantitative estimate of drug-likeness (QED) is 0.239. The van der Waals surface area contributed by atoms with E-state index in [4.69, 9.17) is 15.2 Å². The fourth-order valence-corrected chi connectivity index (χ4v) is 5.78. The van der Waals surface area contributed by atoms with Crippen LogP contribution in [0.4, 0.5) is 10.6 Å². The molecule has 4 aromatic rings. The highest BCUT2D eigenvalue weighted by molar-refractivity contribution is 7.18. The number of carbonyl (C=O) groups excluding carboxylic acids is 2. The average molecular weight is 571 g/mol. The van der Waals surface area contributed by atoms with Crippen LogP contribution < -0.4 is 15.8 Å². The van der Waals surface area contributed by atoms with Gasteiger partial charge >= 0.3 is 6.09 Å². The highest BCUT2D eigenvalue weighted by Crippen LogP contribution is 2.39. The molecule has 0 unspecified atom stereocenters. The Morgan fingerprint density at radius 3 is 2.59 bits per heavy atom. The molecule has 0 aliphatic carbocycles. The van der Waals surface area contributed by atoms with Crippen LogP contribution in [0.15, 0.2) is 72.3 Å². The first kappa shape index (κ1) is 28.2. The molecule has 5 rings (SSSR count). The third kappa shape index (κ3) is 7.05. The third-order valence-corrected chi connectivity index (χ3v) is 7.74. The monoisotopic (exact) mass is 570 g/mol. The number of benzene rings is 2. The molecule has 2 aromatic carbocycles. The van der Waals surface area contributed by atoms with Crippen molar-refractivity contribution in [2.45, 2.75) is 32.8 Å². The lowest BCUT2D eigenvalue weighted by molar-refractivity contribution is -0.116. The lowest BCUT2D eigenvalue weighted by atomic mass is 10.0. The van der Waals surface area contributed by atoms with Crippen LogP contribution in [0.3, 0.4) is 0 Å². The van der Waals surface area contributed by atoms with Gasteiger partial charge in [0, 0.05) is 53.1 Å². The average Bonchev–Trinajstić information content (AvgIpc) is 3.60. The van der Waals surface area contributed by atoms with Gasteiger partial charge < -0.3 is 25.4 Å². The minimum atomic E-state index is -0.526. The van der Waals surface area contributed by atoms with Crippen molar-refractivity contribution in [2.75, 3.05) is 25.4 Å². The lowest BCUT2D eigenvalue weighted by Crippen LogP contribution is -2.36. The topological polar surface area (TPSA) is 107 Å². The van der Waals surface area contributed by atoms with Gasteiger partial charge in [0.2, 0.25) is 5.91 Å². The highest BCUT2D eigenvalue weighted by Gasteiger charge is 2.29. The van der Waals surface area contributed by atoms with Crippen LogP contribution in [0.5, 0.6) is 11.5 Å². The molecule has 2 amide bonds. The summed E-state index contributed by atoms with van der Waals surface area (Å²) in [4.78, 5) is 31.0. The summed E-state index contributed by atoms with van der Waals surface area (Å²) in [6, 6.07) is 17.5. The Morgan fingerprint density at radius 2 is 1.85 bits per heavy atom. The Hall–Kier alpha value is -4.37. The molecule has 1 aliphatic heterocycles. The molecule has 9 heteroatoms. The summed E-state index contributed by atoms with van der Waals surface area (Å²) < 4.78 is 12.3. The van der Waals surface area contributed by atoms with E-state index >= 15 is 0 Å². The SMILES string of the molecule is CC(C)(C)OC(=O)N1CC[C@@H](CNC(=O)C=Cc2cnc(N)c3c(-c4ccc(Oc5ccccc5)cc4)csc23)C1. The normalized spacial score (nSPS) is 15.4. The first-order chi connectivity index (χ1) is 19.7. The Bertz CT molecular complexity index is 1560. The van der Waals surface area contributed by atoms with Crippen molar-refractivity contribution in [3.05, 3.63) is 77.8 Å². The van der Waals surface area contributed by atoms with Gasteiger partial charge in [-0.15, -0.1) is 11.3 Å². The van der Waals surface area contributed by atoms with Crippen LogP contribution in [-0.4, -0.2) is 47.1 Å². The number of thiophene rings is 1. The summed E-state index contributed by atoms with van der Waals surface area (Å²) in [7, 11) is 0. The van der Waals surface area contributed by atoms with Crippen LogP contribution in [0.25, 0.3) is 27.3 Å². The highest BCUT2D eigenvalue weighted by atomic mass is 32.1. The van der Waals surface area contributed by atoms with Gasteiger partial charge in [-0.05, 0) is 74.4 Å². The summed E-state index contributed by atoms with van der Waals surface area (Å²) in [6.45, 7) is 7.25. The second kappa shape index (κ2) is 12.0. The summed E-state index contributed by atoms with van der Waals surface area (Å²) in [6.07, 6.45) is 5.49. The fourth-order valence-electron chi connectivity index (χ4n) is 4.71. The van der Waals surface area contributed by atoms with Gasteiger partial charge in [0.05, 0.1) is 0 Å². The van der Waals surface area contributed by atoms with Crippen LogP contribution in [0.1, 0.15) is 32.8 Å². The number of amides is 2. The van der Waals surface area contributed by atoms with Crippen molar-refractivity contribution in [3.63, 3.8) is 0 Å². The summed E-state index contributed by atoms with van der Waals surface area (Å²) in [5, 5.41) is 5.88. The van der Waals surface area contributed by atoms with Crippen molar-refractivity contribution in [3.8, 4) is 22.6 Å². The number of rotatable bonds is 7. The number of nitrogens with two attached hydrogens (primary N) is 1. The Balaban J connectivity index is 1.22. The molecule has 3 N–H and O–H groups in total. The number of nitrogens with one attached hydrogen (secondary N) is 1. The second-order valence-corrected chi connectivity index (χ2v) is 11.9. The van der Waals surface area contributed by atoms with Crippen LogP contribution in [0.2, 0.25) is 0 Å². The van der Waals surface area contributed by atoms with Gasteiger partial charge in [-0.2, -0.15) is 0 Å². The number of aromatic nitrogens is 1. The number of anilines is 1. The number of hydrogen-bond donors (Lipinski definition) is 2. The maximum absolute atomic E-state index is 12.6. The zero-order chi connectivity index (χ0) is 29.0. The van der Waals surface area contributed by atoms with E-state index in [1.54, 1.807) is 28.5 Å². The number of ether oxygens (including phenoxy) is 2. The predicted molar refractivity (Wildman–Crippen MR) is 164 cm³/mol. The molecule has 3 heterocycles. The third-order valence-electron chi connectivity index (χ3n) is 6.71. The number of carbonyl (C=O) groups is 2. The standard InChI is InChI=1S/C32H34N4O4S/c1-32(2,3)40-31(38)36-16-15-21(19-36)17-34-27(37)14-11-23-18-35-30(33)28-26(20-41-29(23)28)22-9-12-25(13-10-22)39-24-7-5-4-6-8-24/h4-14,18,20-21H,15-17,19H2,1-3H3,(H2,33,35)(H,34,37)/t21-/m0/s1. The van der Waals surface area contributed by atoms with Gasteiger partial charge in [-0.25, -0.2) is 9.78 Å². The molecule has 1 atom stereocenters. The maximum Gasteiger partial charge on any atom is 0.410 e. The molecular formula is C32H34N4O4S. The predicted octanol–water partition coefficient (Wildman–Crippen LogP) is 6.72. The summed E-state index contributed by atoms with van der Waals surface area (Å²) in [5.41, 5.74) is 8.59. The Kier molecular flexibility index (Phi) is 8.26. The zero-order valence-corrected chi connectivity index (χ0v) is 24.2. The summed E-state index contributed by atoms with van der Waals surface area (Å²) >= 11 is 1.56. The molecule has 8 nitrogen and oxygen atoms in total. The molecule has 212 valence electrons. The van der Waals surface area contributed by atoms with E-state index in [1.807, 2.05) is 75.4 Å². The van der Waals surface area contributed by atoms with Gasteiger partial charge in [0.15, 0.2) is 0 Å². The number of nitrogens with zero attached hydrogens (tertiary/aromatic N) is 2. The largest absolute Gasteiger partial charge is 0.457 e. The number of fused-ring (bicyclic) bond motifs is 1. The molecule has 0 bridgehead atoms. The van der Waals surface area contributed by atoms with Gasteiger partial charge in [0.1, 0.15) is 22.9 Å². The molecule has 1 fully saturated rings. The van der Waals surface area contributed by atoms with Crippen molar-refractivity contribution >= 4 is 45.3 Å². The molecular weight excluding hydrogens is 536 g/mol. The minimum absolute atomic E-state index is 0.189. The minimum Gasteiger partial charge on any atom is -0.457 e. The van der Waals surface area contributed by atoms with Crippen molar-refractivity contribution in [1.82, 2.24) is 15.2 Å². The summed E-state index contributed by atoms with van der Waals surface area (Å²) in [5.74, 6) is 1.96. The van der Waals surface area contributed by atoms with E-state index in [1.165, 1.54) is 6.08 Å². The molecule has 1 saturated heterocycles. The van der Waals surface area contributed by atoms with Crippen LogP contribution in [0, 0.1) is 5.92 Å². The first-order valence-electron chi connectivity index (χ1n) is 13.6. The number of para-hydroxylation sites is 1. The first-order valence-corrected chi connectivity index (χ1v) is 14.5. The van der Waals surface area contributed by atoms with Crippen molar-refractivity contribution < 1.29 is 19.1 Å². The Labute approximate surface area is 243 Å². The number of pyridine rings is 1. The van der Waals surface area contributed by atoms with Gasteiger partial charge in [-0.3, -0.25) is 4.79 Å². The maximum atomic E-state index is 12.6.